The van der Waals surface area contributed by atoms with Crippen LogP contribution in [0.5, 0.6) is 5.75 Å². The van der Waals surface area contributed by atoms with E-state index in [1.165, 1.54) is 11.7 Å². The van der Waals surface area contributed by atoms with Crippen molar-refractivity contribution in [2.24, 2.45) is 17.6 Å². The molecule has 14 nitrogen and oxygen atoms in total. The number of primary amides is 1. The van der Waals surface area contributed by atoms with Gasteiger partial charge in [-0.3, -0.25) is 9.59 Å². The van der Waals surface area contributed by atoms with Crippen LogP contribution in [-0.4, -0.2) is 59.8 Å². The quantitative estimate of drug-likeness (QED) is 0.0584. The molecule has 0 radical (unpaired) electrons. The Hall–Kier alpha value is -6.31. The summed E-state index contributed by atoms with van der Waals surface area (Å²) >= 11 is 0. The molecule has 2 atom stereocenters. The van der Waals surface area contributed by atoms with E-state index >= 15 is 0 Å². The van der Waals surface area contributed by atoms with Crippen LogP contribution in [-0.2, 0) is 37.0 Å². The van der Waals surface area contributed by atoms with Crippen molar-refractivity contribution in [3.8, 4) is 5.75 Å². The molecule has 304 valence electrons. The highest BCUT2D eigenvalue weighted by molar-refractivity contribution is 5.97. The SMILES string of the molecule is C=C(OC)c1cc2ccc(OCc3ccccc3)cc2n1C(=O)OCc1ccc(NC(=O)[C@H](CCCNC(N)=O)CC(=O)[C@@H](NC(=O)OC(C)(C)C)C(C)C)cc1. The molecule has 0 aliphatic carbocycles. The second-order valence-corrected chi connectivity index (χ2v) is 14.9. The molecule has 4 rings (SSSR count). The number of benzene rings is 3. The van der Waals surface area contributed by atoms with E-state index in [9.17, 15) is 24.0 Å². The van der Waals surface area contributed by atoms with E-state index in [1.54, 1.807) is 71.0 Å². The number of hydrogen-bond acceptors (Lipinski definition) is 9. The van der Waals surface area contributed by atoms with Crippen LogP contribution >= 0.6 is 0 Å². The molecule has 1 aromatic heterocycles. The van der Waals surface area contributed by atoms with Crippen molar-refractivity contribution < 1.29 is 42.9 Å². The minimum absolute atomic E-state index is 0.0823. The van der Waals surface area contributed by atoms with Crippen molar-refractivity contribution in [3.05, 3.63) is 102 Å². The molecule has 0 saturated carbocycles. The van der Waals surface area contributed by atoms with Crippen LogP contribution in [0.4, 0.5) is 20.1 Å². The van der Waals surface area contributed by atoms with E-state index < -0.39 is 41.7 Å². The number of ketones is 1. The van der Waals surface area contributed by atoms with Gasteiger partial charge in [0, 0.05) is 36.0 Å². The molecule has 3 aromatic carbocycles. The van der Waals surface area contributed by atoms with Crippen molar-refractivity contribution >= 4 is 52.3 Å². The number of hydrogen-bond donors (Lipinski definition) is 4. The van der Waals surface area contributed by atoms with Gasteiger partial charge in [0.1, 0.15) is 30.3 Å². The molecular weight excluding hydrogens is 730 g/mol. The molecule has 57 heavy (non-hydrogen) atoms. The molecule has 4 aromatic rings. The molecule has 5 N–H and O–H groups in total. The van der Waals surface area contributed by atoms with E-state index in [-0.39, 0.29) is 43.5 Å². The number of carbonyl (C=O) groups excluding carboxylic acids is 5. The van der Waals surface area contributed by atoms with Gasteiger partial charge in [0.25, 0.3) is 0 Å². The normalized spacial score (nSPS) is 12.3. The molecule has 0 bridgehead atoms. The third-order valence-electron chi connectivity index (χ3n) is 8.86. The fraction of sp³-hybridized carbons (Fsp3) is 0.372. The van der Waals surface area contributed by atoms with Gasteiger partial charge in [0.15, 0.2) is 5.78 Å². The Morgan fingerprint density at radius 3 is 2.21 bits per heavy atom. The molecule has 0 aliphatic heterocycles. The lowest BCUT2D eigenvalue weighted by Gasteiger charge is -2.26. The average Bonchev–Trinajstić information content (AvgIpc) is 3.55. The van der Waals surface area contributed by atoms with Gasteiger partial charge in [-0.2, -0.15) is 0 Å². The van der Waals surface area contributed by atoms with Crippen LogP contribution in [0.2, 0.25) is 0 Å². The van der Waals surface area contributed by atoms with Gasteiger partial charge >= 0.3 is 18.2 Å². The number of nitrogens with zero attached hydrogens (tertiary/aromatic N) is 1. The third-order valence-corrected chi connectivity index (χ3v) is 8.86. The van der Waals surface area contributed by atoms with Crippen molar-refractivity contribution in [1.82, 2.24) is 15.2 Å². The van der Waals surface area contributed by atoms with E-state index in [4.69, 9.17) is 24.7 Å². The monoisotopic (exact) mass is 783 g/mol. The van der Waals surface area contributed by atoms with E-state index in [0.717, 1.165) is 10.9 Å². The Morgan fingerprint density at radius 2 is 1.58 bits per heavy atom. The maximum absolute atomic E-state index is 13.6. The fourth-order valence-electron chi connectivity index (χ4n) is 5.97. The number of rotatable bonds is 18. The molecule has 4 amide bonds. The summed E-state index contributed by atoms with van der Waals surface area (Å²) in [6, 6.07) is 22.1. The van der Waals surface area contributed by atoms with Gasteiger partial charge in [-0.15, -0.1) is 0 Å². The molecular formula is C43H53N5O9. The van der Waals surface area contributed by atoms with Crippen molar-refractivity contribution in [2.75, 3.05) is 19.0 Å². The van der Waals surface area contributed by atoms with Crippen molar-refractivity contribution in [2.45, 2.75) is 78.7 Å². The number of amides is 4. The number of urea groups is 1. The first-order chi connectivity index (χ1) is 27.0. The topological polar surface area (TPSA) is 189 Å². The molecule has 0 unspecified atom stereocenters. The Labute approximate surface area is 333 Å². The summed E-state index contributed by atoms with van der Waals surface area (Å²) in [6.45, 7) is 13.2. The Morgan fingerprint density at radius 1 is 0.895 bits per heavy atom. The first kappa shape index (κ1) is 43.4. The second-order valence-electron chi connectivity index (χ2n) is 14.9. The van der Waals surface area contributed by atoms with E-state index in [2.05, 4.69) is 22.5 Å². The number of nitrogens with two attached hydrogens (primary N) is 1. The zero-order valence-corrected chi connectivity index (χ0v) is 33.4. The number of carbonyl (C=O) groups is 5. The Kier molecular flexibility index (Phi) is 15.3. The number of anilines is 1. The van der Waals surface area contributed by atoms with Crippen LogP contribution < -0.4 is 26.4 Å². The van der Waals surface area contributed by atoms with Crippen LogP contribution in [0.15, 0.2) is 85.4 Å². The van der Waals surface area contributed by atoms with E-state index in [0.29, 0.717) is 41.2 Å². The minimum Gasteiger partial charge on any atom is -0.495 e. The summed E-state index contributed by atoms with van der Waals surface area (Å²) in [5, 5.41) is 8.76. The maximum Gasteiger partial charge on any atom is 0.419 e. The zero-order valence-electron chi connectivity index (χ0n) is 33.4. The van der Waals surface area contributed by atoms with Crippen LogP contribution in [0.3, 0.4) is 0 Å². The highest BCUT2D eigenvalue weighted by Crippen LogP contribution is 2.29. The molecule has 1 heterocycles. The maximum atomic E-state index is 13.6. The van der Waals surface area contributed by atoms with Gasteiger partial charge in [-0.1, -0.05) is 62.9 Å². The molecule has 14 heteroatoms. The number of nitrogens with one attached hydrogen (secondary N) is 3. The number of ether oxygens (including phenoxy) is 4. The fourth-order valence-corrected chi connectivity index (χ4v) is 5.97. The number of Topliss-reactive ketones (excluding diaryl/α,β-unsaturated/α-hetero) is 1. The Bertz CT molecular complexity index is 2040. The van der Waals surface area contributed by atoms with Crippen molar-refractivity contribution in [1.29, 1.82) is 0 Å². The lowest BCUT2D eigenvalue weighted by Crippen LogP contribution is -2.47. The summed E-state index contributed by atoms with van der Waals surface area (Å²) in [5.41, 5.74) is 7.51. The zero-order chi connectivity index (χ0) is 41.7. The first-order valence-corrected chi connectivity index (χ1v) is 18.7. The van der Waals surface area contributed by atoms with Gasteiger partial charge in [0.2, 0.25) is 5.91 Å². The lowest BCUT2D eigenvalue weighted by atomic mass is 9.89. The standard InChI is InChI=1S/C43H53N5O9/c1-27(2)38(47-41(52)57-43(4,5)6)37(49)23-32(14-11-21-45-40(44)51)39(50)46-33-18-15-30(16-19-33)26-56-42(53)48-35(28(3)54-7)22-31-17-20-34(24-36(31)48)55-25-29-12-9-8-10-13-29/h8-10,12-13,15-20,22,24,27,32,38H,3,11,14,21,23,25-26H2,1-2,4-7H3,(H,46,50)(H,47,52)(H3,44,45,51)/t32-,38+/m1/s1. The second kappa shape index (κ2) is 20.0. The molecule has 0 aliphatic rings. The molecule has 0 spiro atoms. The summed E-state index contributed by atoms with van der Waals surface area (Å²) in [7, 11) is 1.47. The summed E-state index contributed by atoms with van der Waals surface area (Å²) in [5.74, 6) is -0.968. The summed E-state index contributed by atoms with van der Waals surface area (Å²) in [6.07, 6.45) is -0.915. The van der Waals surface area contributed by atoms with Gasteiger partial charge in [-0.25, -0.2) is 19.0 Å². The highest BCUT2D eigenvalue weighted by atomic mass is 16.6. The Balaban J connectivity index is 1.43. The smallest absolute Gasteiger partial charge is 0.419 e. The predicted molar refractivity (Wildman–Crippen MR) is 217 cm³/mol. The number of fused-ring (bicyclic) bond motifs is 1. The number of methoxy groups -OCH3 is 1. The largest absolute Gasteiger partial charge is 0.495 e. The van der Waals surface area contributed by atoms with Gasteiger partial charge in [0.05, 0.1) is 24.4 Å². The summed E-state index contributed by atoms with van der Waals surface area (Å²) < 4.78 is 23.9. The van der Waals surface area contributed by atoms with Crippen LogP contribution in [0, 0.1) is 11.8 Å². The average molecular weight is 784 g/mol. The third kappa shape index (κ3) is 13.2. The summed E-state index contributed by atoms with van der Waals surface area (Å²) in [4.78, 5) is 64.4. The molecule has 0 saturated heterocycles. The highest BCUT2D eigenvalue weighted by Gasteiger charge is 2.31. The minimum atomic E-state index is -0.885. The van der Waals surface area contributed by atoms with E-state index in [1.807, 2.05) is 42.5 Å². The van der Waals surface area contributed by atoms with Gasteiger partial charge in [-0.05, 0) is 81.0 Å². The van der Waals surface area contributed by atoms with Gasteiger partial charge < -0.3 is 40.6 Å². The number of aromatic nitrogens is 1. The predicted octanol–water partition coefficient (Wildman–Crippen LogP) is 7.53. The molecule has 0 fully saturated rings. The van der Waals surface area contributed by atoms with Crippen LogP contribution in [0.25, 0.3) is 16.7 Å². The van der Waals surface area contributed by atoms with Crippen molar-refractivity contribution in [3.63, 3.8) is 0 Å². The first-order valence-electron chi connectivity index (χ1n) is 18.7. The number of alkyl carbamates (subject to hydrolysis) is 1. The van der Waals surface area contributed by atoms with Crippen LogP contribution in [0.1, 0.15) is 70.7 Å². The lowest BCUT2D eigenvalue weighted by molar-refractivity contribution is -0.128.